The average Bonchev–Trinajstić information content (AvgIpc) is 2.64. The van der Waals surface area contributed by atoms with Gasteiger partial charge in [-0.25, -0.2) is 9.18 Å². The third-order valence-corrected chi connectivity index (χ3v) is 3.09. The number of hydrogen-bond acceptors (Lipinski definition) is 5. The predicted molar refractivity (Wildman–Crippen MR) is 85.3 cm³/mol. The summed E-state index contributed by atoms with van der Waals surface area (Å²) in [7, 11) is 1.49. The first-order chi connectivity index (χ1) is 12.0. The average molecular weight is 346 g/mol. The topological polar surface area (TPSA) is 93.7 Å². The van der Waals surface area contributed by atoms with E-state index in [1.807, 2.05) is 10.9 Å². The summed E-state index contributed by atoms with van der Waals surface area (Å²) in [6.07, 6.45) is 0. The van der Waals surface area contributed by atoms with E-state index in [0.29, 0.717) is 5.75 Å². The van der Waals surface area contributed by atoms with E-state index in [2.05, 4.69) is 0 Å². The summed E-state index contributed by atoms with van der Waals surface area (Å²) in [4.78, 5) is 35.1. The van der Waals surface area contributed by atoms with Crippen LogP contribution in [0.15, 0.2) is 48.5 Å². The number of amides is 2. The van der Waals surface area contributed by atoms with Crippen LogP contribution in [-0.4, -0.2) is 31.5 Å². The fraction of sp³-hybridized carbons (Fsp3) is 0.118. The molecule has 25 heavy (non-hydrogen) atoms. The SMILES string of the molecule is COc1ccc(C(=O)OCC(=O)NNC(=O)c2ccccc2F)cc1. The van der Waals surface area contributed by atoms with Crippen molar-refractivity contribution in [3.05, 3.63) is 65.5 Å². The lowest BCUT2D eigenvalue weighted by molar-refractivity contribution is -0.125. The Hall–Kier alpha value is -3.42. The van der Waals surface area contributed by atoms with Gasteiger partial charge in [-0.3, -0.25) is 20.4 Å². The molecule has 0 unspecified atom stereocenters. The number of nitrogens with one attached hydrogen (secondary N) is 2. The predicted octanol–water partition coefficient (Wildman–Crippen LogP) is 1.45. The molecule has 2 aromatic carbocycles. The van der Waals surface area contributed by atoms with Crippen LogP contribution in [0.5, 0.6) is 5.75 Å². The molecule has 0 fully saturated rings. The van der Waals surface area contributed by atoms with Crippen LogP contribution in [0.1, 0.15) is 20.7 Å². The van der Waals surface area contributed by atoms with Crippen LogP contribution in [0.4, 0.5) is 4.39 Å². The highest BCUT2D eigenvalue weighted by Crippen LogP contribution is 2.12. The smallest absolute Gasteiger partial charge is 0.338 e. The highest BCUT2D eigenvalue weighted by molar-refractivity contribution is 5.96. The van der Waals surface area contributed by atoms with Gasteiger partial charge in [0.2, 0.25) is 0 Å². The Balaban J connectivity index is 1.79. The molecule has 2 amide bonds. The molecule has 0 radical (unpaired) electrons. The molecule has 0 heterocycles. The Morgan fingerprint density at radius 3 is 2.32 bits per heavy atom. The van der Waals surface area contributed by atoms with Crippen LogP contribution in [0.2, 0.25) is 0 Å². The van der Waals surface area contributed by atoms with E-state index in [1.54, 1.807) is 12.1 Å². The second kappa shape index (κ2) is 8.44. The molecule has 130 valence electrons. The Morgan fingerprint density at radius 2 is 1.68 bits per heavy atom. The van der Waals surface area contributed by atoms with Gasteiger partial charge in [0.05, 0.1) is 18.2 Å². The molecule has 0 spiro atoms. The minimum atomic E-state index is -0.826. The van der Waals surface area contributed by atoms with E-state index in [-0.39, 0.29) is 11.1 Å². The lowest BCUT2D eigenvalue weighted by atomic mass is 10.2. The van der Waals surface area contributed by atoms with E-state index < -0.39 is 30.2 Å². The number of hydrogen-bond donors (Lipinski definition) is 2. The van der Waals surface area contributed by atoms with Gasteiger partial charge in [0, 0.05) is 0 Å². The standard InChI is InChI=1S/C17H15FN2O5/c1-24-12-8-6-11(7-9-12)17(23)25-10-15(21)19-20-16(22)13-4-2-3-5-14(13)18/h2-9H,10H2,1H3,(H,19,21)(H,20,22). The molecule has 2 aromatic rings. The molecule has 0 saturated heterocycles. The Bertz CT molecular complexity index is 777. The molecule has 2 N–H and O–H groups in total. The molecule has 8 heteroatoms. The number of methoxy groups -OCH3 is 1. The molecule has 7 nitrogen and oxygen atoms in total. The zero-order valence-electron chi connectivity index (χ0n) is 13.2. The number of hydrazine groups is 1. The number of ether oxygens (including phenoxy) is 2. The van der Waals surface area contributed by atoms with Gasteiger partial charge >= 0.3 is 5.97 Å². The number of carbonyl (C=O) groups is 3. The van der Waals surface area contributed by atoms with E-state index in [0.717, 1.165) is 6.07 Å². The maximum Gasteiger partial charge on any atom is 0.338 e. The summed E-state index contributed by atoms with van der Waals surface area (Å²) in [6, 6.07) is 11.4. The van der Waals surface area contributed by atoms with Gasteiger partial charge in [0.15, 0.2) is 6.61 Å². The Kier molecular flexibility index (Phi) is 6.05. The summed E-state index contributed by atoms with van der Waals surface area (Å²) >= 11 is 0. The molecule has 0 saturated carbocycles. The van der Waals surface area contributed by atoms with Crippen molar-refractivity contribution in [2.24, 2.45) is 0 Å². The van der Waals surface area contributed by atoms with Gasteiger partial charge in [-0.1, -0.05) is 12.1 Å². The second-order valence-electron chi connectivity index (χ2n) is 4.79. The first kappa shape index (κ1) is 17.9. The highest BCUT2D eigenvalue weighted by Gasteiger charge is 2.13. The van der Waals surface area contributed by atoms with E-state index in [4.69, 9.17) is 9.47 Å². The van der Waals surface area contributed by atoms with Crippen molar-refractivity contribution in [2.45, 2.75) is 0 Å². The van der Waals surface area contributed by atoms with Crippen molar-refractivity contribution >= 4 is 17.8 Å². The van der Waals surface area contributed by atoms with Crippen molar-refractivity contribution in [3.8, 4) is 5.75 Å². The van der Waals surface area contributed by atoms with Gasteiger partial charge in [-0.05, 0) is 36.4 Å². The van der Waals surface area contributed by atoms with Crippen LogP contribution in [0.3, 0.4) is 0 Å². The fourth-order valence-electron chi connectivity index (χ4n) is 1.82. The zero-order valence-corrected chi connectivity index (χ0v) is 13.2. The maximum absolute atomic E-state index is 13.4. The quantitative estimate of drug-likeness (QED) is 0.631. The van der Waals surface area contributed by atoms with Crippen molar-refractivity contribution in [1.82, 2.24) is 10.9 Å². The summed E-state index contributed by atoms with van der Waals surface area (Å²) in [5, 5.41) is 0. The van der Waals surface area contributed by atoms with E-state index >= 15 is 0 Å². The number of benzene rings is 2. The zero-order chi connectivity index (χ0) is 18.2. The summed E-state index contributed by atoms with van der Waals surface area (Å²) in [5.41, 5.74) is 4.08. The minimum absolute atomic E-state index is 0.224. The first-order valence-corrected chi connectivity index (χ1v) is 7.16. The van der Waals surface area contributed by atoms with Crippen molar-refractivity contribution < 1.29 is 28.2 Å². The van der Waals surface area contributed by atoms with Crippen LogP contribution in [-0.2, 0) is 9.53 Å². The summed E-state index contributed by atoms with van der Waals surface area (Å²) in [5.74, 6) is -2.46. The summed E-state index contributed by atoms with van der Waals surface area (Å²) < 4.78 is 23.2. The molecule has 0 aromatic heterocycles. The molecule has 0 atom stereocenters. The molecular weight excluding hydrogens is 331 g/mol. The van der Waals surface area contributed by atoms with Gasteiger partial charge < -0.3 is 9.47 Å². The molecular formula is C17H15FN2O5. The number of rotatable bonds is 5. The number of carbonyl (C=O) groups excluding carboxylic acids is 3. The monoisotopic (exact) mass is 346 g/mol. The maximum atomic E-state index is 13.4. The number of esters is 1. The lowest BCUT2D eigenvalue weighted by Crippen LogP contribution is -2.43. The van der Waals surface area contributed by atoms with Crippen molar-refractivity contribution in [1.29, 1.82) is 0 Å². The van der Waals surface area contributed by atoms with Gasteiger partial charge in [0.1, 0.15) is 11.6 Å². The van der Waals surface area contributed by atoms with Crippen LogP contribution < -0.4 is 15.6 Å². The van der Waals surface area contributed by atoms with Crippen LogP contribution in [0, 0.1) is 5.82 Å². The molecule has 0 aliphatic heterocycles. The van der Waals surface area contributed by atoms with Crippen molar-refractivity contribution in [3.63, 3.8) is 0 Å². The normalized spacial score (nSPS) is 9.84. The summed E-state index contributed by atoms with van der Waals surface area (Å²) in [6.45, 7) is -0.609. The van der Waals surface area contributed by atoms with Crippen LogP contribution >= 0.6 is 0 Å². The van der Waals surface area contributed by atoms with Gasteiger partial charge in [-0.15, -0.1) is 0 Å². The minimum Gasteiger partial charge on any atom is -0.497 e. The van der Waals surface area contributed by atoms with Crippen molar-refractivity contribution in [2.75, 3.05) is 13.7 Å². The molecule has 0 aliphatic carbocycles. The highest BCUT2D eigenvalue weighted by atomic mass is 19.1. The van der Waals surface area contributed by atoms with E-state index in [1.165, 1.54) is 37.4 Å². The van der Waals surface area contributed by atoms with Gasteiger partial charge in [0.25, 0.3) is 11.8 Å². The van der Waals surface area contributed by atoms with Gasteiger partial charge in [-0.2, -0.15) is 0 Å². The first-order valence-electron chi connectivity index (χ1n) is 7.16. The number of halogens is 1. The third-order valence-electron chi connectivity index (χ3n) is 3.09. The van der Waals surface area contributed by atoms with Crippen LogP contribution in [0.25, 0.3) is 0 Å². The Labute approximate surface area is 142 Å². The second-order valence-corrected chi connectivity index (χ2v) is 4.79. The molecule has 2 rings (SSSR count). The molecule has 0 aliphatic rings. The Morgan fingerprint density at radius 1 is 1.00 bits per heavy atom. The third kappa shape index (κ3) is 5.03. The molecule has 0 bridgehead atoms. The fourth-order valence-corrected chi connectivity index (χ4v) is 1.82. The van der Waals surface area contributed by atoms with E-state index in [9.17, 15) is 18.8 Å². The largest absolute Gasteiger partial charge is 0.497 e. The lowest BCUT2D eigenvalue weighted by Gasteiger charge is -2.09.